The first-order chi connectivity index (χ1) is 8.21. The second-order valence-corrected chi connectivity index (χ2v) is 4.32. The van der Waals surface area contributed by atoms with E-state index < -0.39 is 0 Å². The van der Waals surface area contributed by atoms with Crippen LogP contribution in [0.3, 0.4) is 0 Å². The topological polar surface area (TPSA) is 47.3 Å². The van der Waals surface area contributed by atoms with Crippen LogP contribution in [0.5, 0.6) is 0 Å². The zero-order chi connectivity index (χ0) is 12.7. The van der Waals surface area contributed by atoms with E-state index in [0.717, 1.165) is 18.5 Å². The molecule has 0 radical (unpaired) electrons. The molecule has 0 aromatic heterocycles. The van der Waals surface area contributed by atoms with E-state index in [2.05, 4.69) is 17.9 Å². The molecule has 92 valence electrons. The molecule has 0 aliphatic carbocycles. The summed E-state index contributed by atoms with van der Waals surface area (Å²) in [5.74, 6) is 0. The molecule has 0 spiro atoms. The number of aliphatic hydroxyl groups is 1. The Morgan fingerprint density at radius 3 is 2.71 bits per heavy atom. The van der Waals surface area contributed by atoms with Gasteiger partial charge in [-0.15, -0.1) is 0 Å². The van der Waals surface area contributed by atoms with Crippen molar-refractivity contribution in [2.75, 3.05) is 19.7 Å². The highest BCUT2D eigenvalue weighted by Crippen LogP contribution is 2.19. The van der Waals surface area contributed by atoms with Crippen molar-refractivity contribution in [3.05, 3.63) is 34.3 Å². The van der Waals surface area contributed by atoms with Crippen molar-refractivity contribution in [1.29, 1.82) is 5.26 Å². The standard InChI is InChI=1S/C13H17ClN2O/c1-2-5-16(6-7-17)10-12-4-3-11(9-15)8-13(12)14/h3-4,8,17H,2,5-7,10H2,1H3. The number of rotatable bonds is 6. The van der Waals surface area contributed by atoms with Gasteiger partial charge in [0.15, 0.2) is 0 Å². The Labute approximate surface area is 107 Å². The van der Waals surface area contributed by atoms with Crippen molar-refractivity contribution >= 4 is 11.6 Å². The first-order valence-corrected chi connectivity index (χ1v) is 6.10. The summed E-state index contributed by atoms with van der Waals surface area (Å²) in [6.07, 6.45) is 1.04. The molecule has 0 fully saturated rings. The summed E-state index contributed by atoms with van der Waals surface area (Å²) in [6, 6.07) is 7.39. The highest BCUT2D eigenvalue weighted by molar-refractivity contribution is 6.31. The van der Waals surface area contributed by atoms with Gasteiger partial charge in [0, 0.05) is 18.1 Å². The molecule has 1 N–H and O–H groups in total. The second kappa shape index (κ2) is 7.29. The van der Waals surface area contributed by atoms with Gasteiger partial charge in [0.25, 0.3) is 0 Å². The molecule has 0 saturated carbocycles. The van der Waals surface area contributed by atoms with Crippen molar-refractivity contribution in [3.8, 4) is 6.07 Å². The van der Waals surface area contributed by atoms with E-state index in [4.69, 9.17) is 22.0 Å². The number of hydrogen-bond acceptors (Lipinski definition) is 3. The quantitative estimate of drug-likeness (QED) is 0.846. The van der Waals surface area contributed by atoms with Gasteiger partial charge in [0.1, 0.15) is 0 Å². The van der Waals surface area contributed by atoms with Crippen molar-refractivity contribution in [2.45, 2.75) is 19.9 Å². The first kappa shape index (κ1) is 14.0. The van der Waals surface area contributed by atoms with Crippen LogP contribution in [-0.4, -0.2) is 29.7 Å². The number of nitriles is 1. The van der Waals surface area contributed by atoms with Gasteiger partial charge in [-0.1, -0.05) is 24.6 Å². The Hall–Kier alpha value is -1.08. The number of hydrogen-bond donors (Lipinski definition) is 1. The van der Waals surface area contributed by atoms with Crippen molar-refractivity contribution in [3.63, 3.8) is 0 Å². The maximum absolute atomic E-state index is 8.98. The summed E-state index contributed by atoms with van der Waals surface area (Å²) >= 11 is 6.11. The molecule has 0 bridgehead atoms. The molecule has 3 nitrogen and oxygen atoms in total. The fourth-order valence-corrected chi connectivity index (χ4v) is 1.95. The van der Waals surface area contributed by atoms with Crippen LogP contribution in [0.2, 0.25) is 5.02 Å². The summed E-state index contributed by atoms with van der Waals surface area (Å²) in [7, 11) is 0. The third-order valence-electron chi connectivity index (χ3n) is 2.53. The molecule has 17 heavy (non-hydrogen) atoms. The van der Waals surface area contributed by atoms with E-state index in [1.54, 1.807) is 12.1 Å². The smallest absolute Gasteiger partial charge is 0.0992 e. The lowest BCUT2D eigenvalue weighted by molar-refractivity contribution is 0.190. The van der Waals surface area contributed by atoms with Crippen LogP contribution < -0.4 is 0 Å². The average Bonchev–Trinajstić information content (AvgIpc) is 2.32. The number of benzene rings is 1. The van der Waals surface area contributed by atoms with Crippen LogP contribution in [-0.2, 0) is 6.54 Å². The van der Waals surface area contributed by atoms with Crippen molar-refractivity contribution < 1.29 is 5.11 Å². The Bertz CT molecular complexity index is 395. The maximum atomic E-state index is 8.98. The SMILES string of the molecule is CCCN(CCO)Cc1ccc(C#N)cc1Cl. The molecule has 0 saturated heterocycles. The Morgan fingerprint density at radius 2 is 2.18 bits per heavy atom. The second-order valence-electron chi connectivity index (χ2n) is 3.92. The normalized spacial score (nSPS) is 10.5. The summed E-state index contributed by atoms with van der Waals surface area (Å²) in [5, 5.41) is 18.3. The van der Waals surface area contributed by atoms with Crippen LogP contribution in [0, 0.1) is 11.3 Å². The molecule has 0 unspecified atom stereocenters. The number of halogens is 1. The minimum Gasteiger partial charge on any atom is -0.395 e. The molecule has 1 aromatic carbocycles. The first-order valence-electron chi connectivity index (χ1n) is 5.73. The largest absolute Gasteiger partial charge is 0.395 e. The molecule has 0 atom stereocenters. The summed E-state index contributed by atoms with van der Waals surface area (Å²) in [6.45, 7) is 4.53. The van der Waals surface area contributed by atoms with E-state index in [1.165, 1.54) is 0 Å². The van der Waals surface area contributed by atoms with Gasteiger partial charge in [-0.2, -0.15) is 5.26 Å². The van der Waals surface area contributed by atoms with Gasteiger partial charge in [-0.05, 0) is 30.7 Å². The summed E-state index contributed by atoms with van der Waals surface area (Å²) in [4.78, 5) is 2.15. The Balaban J connectivity index is 2.75. The van der Waals surface area contributed by atoms with Crippen LogP contribution in [0.25, 0.3) is 0 Å². The summed E-state index contributed by atoms with van der Waals surface area (Å²) < 4.78 is 0. The molecular weight excluding hydrogens is 236 g/mol. The number of nitrogens with zero attached hydrogens (tertiary/aromatic N) is 2. The van der Waals surface area contributed by atoms with E-state index >= 15 is 0 Å². The third-order valence-corrected chi connectivity index (χ3v) is 2.88. The molecular formula is C13H17ClN2O. The fourth-order valence-electron chi connectivity index (χ4n) is 1.71. The zero-order valence-electron chi connectivity index (χ0n) is 9.99. The van der Waals surface area contributed by atoms with Gasteiger partial charge < -0.3 is 5.11 Å². The van der Waals surface area contributed by atoms with Crippen LogP contribution in [0.1, 0.15) is 24.5 Å². The predicted molar refractivity (Wildman–Crippen MR) is 68.8 cm³/mol. The fraction of sp³-hybridized carbons (Fsp3) is 0.462. The van der Waals surface area contributed by atoms with Gasteiger partial charge in [-0.3, -0.25) is 4.90 Å². The molecule has 1 rings (SSSR count). The highest BCUT2D eigenvalue weighted by Gasteiger charge is 2.08. The van der Waals surface area contributed by atoms with E-state index in [-0.39, 0.29) is 6.61 Å². The minimum atomic E-state index is 0.147. The van der Waals surface area contributed by atoms with Gasteiger partial charge in [0.05, 0.1) is 18.2 Å². The molecule has 0 aliphatic heterocycles. The summed E-state index contributed by atoms with van der Waals surface area (Å²) in [5.41, 5.74) is 1.57. The predicted octanol–water partition coefficient (Wildman–Crippen LogP) is 2.42. The Morgan fingerprint density at radius 1 is 1.41 bits per heavy atom. The van der Waals surface area contributed by atoms with Gasteiger partial charge in [0.2, 0.25) is 0 Å². The van der Waals surface area contributed by atoms with E-state index in [1.807, 2.05) is 6.07 Å². The molecule has 0 aliphatic rings. The van der Waals surface area contributed by atoms with Gasteiger partial charge in [-0.25, -0.2) is 0 Å². The molecule has 4 heteroatoms. The average molecular weight is 253 g/mol. The van der Waals surface area contributed by atoms with E-state index in [0.29, 0.717) is 23.7 Å². The van der Waals surface area contributed by atoms with E-state index in [9.17, 15) is 0 Å². The highest BCUT2D eigenvalue weighted by atomic mass is 35.5. The zero-order valence-corrected chi connectivity index (χ0v) is 10.7. The minimum absolute atomic E-state index is 0.147. The lowest BCUT2D eigenvalue weighted by atomic mass is 10.1. The monoisotopic (exact) mass is 252 g/mol. The lowest BCUT2D eigenvalue weighted by Gasteiger charge is -2.21. The third kappa shape index (κ3) is 4.35. The van der Waals surface area contributed by atoms with Crippen molar-refractivity contribution in [2.24, 2.45) is 0 Å². The van der Waals surface area contributed by atoms with Crippen molar-refractivity contribution in [1.82, 2.24) is 4.90 Å². The lowest BCUT2D eigenvalue weighted by Crippen LogP contribution is -2.27. The van der Waals surface area contributed by atoms with Crippen LogP contribution in [0.15, 0.2) is 18.2 Å². The molecule has 0 amide bonds. The number of aliphatic hydroxyl groups excluding tert-OH is 1. The Kier molecular flexibility index (Phi) is 5.99. The maximum Gasteiger partial charge on any atom is 0.0992 e. The molecule has 1 aromatic rings. The van der Waals surface area contributed by atoms with Crippen LogP contribution in [0.4, 0.5) is 0 Å². The molecule has 0 heterocycles. The van der Waals surface area contributed by atoms with Gasteiger partial charge >= 0.3 is 0 Å². The van der Waals surface area contributed by atoms with Crippen LogP contribution >= 0.6 is 11.6 Å².